The second-order valence-electron chi connectivity index (χ2n) is 6.15. The van der Waals surface area contributed by atoms with E-state index >= 15 is 0 Å². The number of anilines is 1. The van der Waals surface area contributed by atoms with E-state index < -0.39 is 19.9 Å². The Morgan fingerprint density at radius 1 is 1.04 bits per heavy atom. The van der Waals surface area contributed by atoms with Crippen molar-refractivity contribution >= 4 is 41.5 Å². The number of benzene rings is 2. The molecule has 0 bridgehead atoms. The van der Waals surface area contributed by atoms with Crippen LogP contribution in [0.1, 0.15) is 17.5 Å². The van der Waals surface area contributed by atoms with Gasteiger partial charge in [-0.2, -0.15) is 0 Å². The molecule has 0 N–H and O–H groups in total. The maximum absolute atomic E-state index is 13.2. The minimum Gasteiger partial charge on any atom is -0.266 e. The van der Waals surface area contributed by atoms with Gasteiger partial charge in [0, 0.05) is 17.3 Å². The number of nitrogens with zero attached hydrogens (tertiary/aromatic N) is 1. The van der Waals surface area contributed by atoms with Gasteiger partial charge in [0.15, 0.2) is 9.84 Å². The van der Waals surface area contributed by atoms with Crippen LogP contribution in [0.25, 0.3) is 0 Å². The predicted octanol–water partition coefficient (Wildman–Crippen LogP) is 3.30. The fraction of sp³-hybridized carbons (Fsp3) is 0.294. The third kappa shape index (κ3) is 3.47. The number of hydrogen-bond donors (Lipinski definition) is 0. The predicted molar refractivity (Wildman–Crippen MR) is 101 cm³/mol. The van der Waals surface area contributed by atoms with Gasteiger partial charge in [-0.3, -0.25) is 4.31 Å². The summed E-state index contributed by atoms with van der Waals surface area (Å²) in [6, 6.07) is 9.81. The van der Waals surface area contributed by atoms with Gasteiger partial charge in [0.05, 0.1) is 15.5 Å². The highest BCUT2D eigenvalue weighted by Crippen LogP contribution is 2.34. The van der Waals surface area contributed by atoms with E-state index in [1.165, 1.54) is 10.4 Å². The zero-order valence-electron chi connectivity index (χ0n) is 13.9. The Bertz CT molecular complexity index is 1050. The number of sulfone groups is 1. The lowest BCUT2D eigenvalue weighted by atomic mass is 10.0. The summed E-state index contributed by atoms with van der Waals surface area (Å²) in [5, 5.41) is 0. The Labute approximate surface area is 156 Å². The second kappa shape index (κ2) is 6.41. The maximum Gasteiger partial charge on any atom is 0.264 e. The van der Waals surface area contributed by atoms with Gasteiger partial charge in [-0.05, 0) is 61.2 Å². The summed E-state index contributed by atoms with van der Waals surface area (Å²) in [6.07, 6.45) is 2.45. The summed E-state index contributed by atoms with van der Waals surface area (Å²) in [7, 11) is -7.05. The number of hydrogen-bond acceptors (Lipinski definition) is 4. The molecule has 0 saturated carbocycles. The van der Waals surface area contributed by atoms with Gasteiger partial charge in [0.25, 0.3) is 10.0 Å². The van der Waals surface area contributed by atoms with E-state index in [2.05, 4.69) is 15.9 Å². The molecule has 2 aromatic carbocycles. The van der Waals surface area contributed by atoms with Crippen molar-refractivity contribution in [2.24, 2.45) is 0 Å². The van der Waals surface area contributed by atoms with Gasteiger partial charge in [0.1, 0.15) is 0 Å². The van der Waals surface area contributed by atoms with Crippen molar-refractivity contribution in [2.75, 3.05) is 17.1 Å². The fourth-order valence-corrected chi connectivity index (χ4v) is 5.97. The monoisotopic (exact) mass is 443 g/mol. The molecule has 8 heteroatoms. The van der Waals surface area contributed by atoms with Crippen LogP contribution in [0.2, 0.25) is 0 Å². The van der Waals surface area contributed by atoms with Crippen LogP contribution in [0.3, 0.4) is 0 Å². The Morgan fingerprint density at radius 2 is 1.76 bits per heavy atom. The standard InChI is InChI=1S/C17H18BrNO4S2/c1-12-5-6-14(18)11-17(12)25(22,23)19-9-3-4-13-10-15(24(2,20)21)7-8-16(13)19/h5-8,10-11H,3-4,9H2,1-2H3. The van der Waals surface area contributed by atoms with Crippen molar-refractivity contribution in [1.29, 1.82) is 0 Å². The molecule has 0 spiro atoms. The molecule has 0 atom stereocenters. The van der Waals surface area contributed by atoms with Crippen molar-refractivity contribution in [3.8, 4) is 0 Å². The first-order valence-electron chi connectivity index (χ1n) is 7.72. The molecule has 25 heavy (non-hydrogen) atoms. The van der Waals surface area contributed by atoms with E-state index in [4.69, 9.17) is 0 Å². The van der Waals surface area contributed by atoms with Crippen LogP contribution in [0.4, 0.5) is 5.69 Å². The molecule has 134 valence electrons. The zero-order chi connectivity index (χ0) is 18.4. The normalized spacial score (nSPS) is 15.1. The highest BCUT2D eigenvalue weighted by molar-refractivity contribution is 9.10. The van der Waals surface area contributed by atoms with Crippen LogP contribution in [0, 0.1) is 6.92 Å². The van der Waals surface area contributed by atoms with Crippen LogP contribution in [-0.4, -0.2) is 29.6 Å². The van der Waals surface area contributed by atoms with Crippen LogP contribution in [0.15, 0.2) is 50.7 Å². The average Bonchev–Trinajstić information content (AvgIpc) is 2.55. The largest absolute Gasteiger partial charge is 0.266 e. The topological polar surface area (TPSA) is 71.5 Å². The first-order valence-corrected chi connectivity index (χ1v) is 11.8. The van der Waals surface area contributed by atoms with Gasteiger partial charge in [-0.25, -0.2) is 16.8 Å². The first-order chi connectivity index (χ1) is 11.6. The maximum atomic E-state index is 13.2. The molecule has 1 aliphatic rings. The van der Waals surface area contributed by atoms with Gasteiger partial charge in [0.2, 0.25) is 0 Å². The van der Waals surface area contributed by atoms with Crippen molar-refractivity contribution in [3.63, 3.8) is 0 Å². The number of halogens is 1. The summed E-state index contributed by atoms with van der Waals surface area (Å²) >= 11 is 3.33. The summed E-state index contributed by atoms with van der Waals surface area (Å²) in [5.74, 6) is 0. The smallest absolute Gasteiger partial charge is 0.264 e. The van der Waals surface area contributed by atoms with E-state index in [0.717, 1.165) is 11.8 Å². The molecule has 0 unspecified atom stereocenters. The fourth-order valence-electron chi connectivity index (χ4n) is 2.99. The van der Waals surface area contributed by atoms with Gasteiger partial charge >= 0.3 is 0 Å². The Morgan fingerprint density at radius 3 is 2.44 bits per heavy atom. The lowest BCUT2D eigenvalue weighted by molar-refractivity contribution is 0.586. The van der Waals surface area contributed by atoms with E-state index in [9.17, 15) is 16.8 Å². The molecule has 3 rings (SSSR count). The minimum atomic E-state index is -3.72. The quantitative estimate of drug-likeness (QED) is 0.729. The third-order valence-corrected chi connectivity index (χ3v) is 7.83. The third-order valence-electron chi connectivity index (χ3n) is 4.27. The van der Waals surface area contributed by atoms with Crippen molar-refractivity contribution in [3.05, 3.63) is 52.0 Å². The Balaban J connectivity index is 2.13. The molecule has 0 amide bonds. The molecule has 2 aromatic rings. The molecule has 0 radical (unpaired) electrons. The van der Waals surface area contributed by atoms with Crippen LogP contribution >= 0.6 is 15.9 Å². The second-order valence-corrected chi connectivity index (χ2v) is 10.9. The lowest BCUT2D eigenvalue weighted by Crippen LogP contribution is -2.36. The molecule has 0 aromatic heterocycles. The van der Waals surface area contributed by atoms with Crippen LogP contribution in [-0.2, 0) is 26.3 Å². The molecular weight excluding hydrogens is 426 g/mol. The van der Waals surface area contributed by atoms with E-state index in [0.29, 0.717) is 35.1 Å². The van der Waals surface area contributed by atoms with Crippen LogP contribution in [0.5, 0.6) is 0 Å². The van der Waals surface area contributed by atoms with Gasteiger partial charge in [-0.15, -0.1) is 0 Å². The molecule has 0 saturated heterocycles. The first kappa shape index (κ1) is 18.4. The number of fused-ring (bicyclic) bond motifs is 1. The highest BCUT2D eigenvalue weighted by atomic mass is 79.9. The summed E-state index contributed by atoms with van der Waals surface area (Å²) in [5.41, 5.74) is 1.96. The molecule has 1 aliphatic heterocycles. The average molecular weight is 444 g/mol. The summed E-state index contributed by atoms with van der Waals surface area (Å²) in [4.78, 5) is 0.464. The molecule has 1 heterocycles. The lowest BCUT2D eigenvalue weighted by Gasteiger charge is -2.31. The van der Waals surface area contributed by atoms with Gasteiger partial charge in [-0.1, -0.05) is 22.0 Å². The number of aryl methyl sites for hydroxylation is 2. The summed E-state index contributed by atoms with van der Waals surface area (Å²) < 4.78 is 52.0. The van der Waals surface area contributed by atoms with Crippen molar-refractivity contribution < 1.29 is 16.8 Å². The number of sulfonamides is 1. The van der Waals surface area contributed by atoms with E-state index in [-0.39, 0.29) is 9.79 Å². The molecular formula is C17H18BrNO4S2. The minimum absolute atomic E-state index is 0.212. The Hall–Kier alpha value is -1.38. The van der Waals surface area contributed by atoms with E-state index in [1.807, 2.05) is 0 Å². The highest BCUT2D eigenvalue weighted by Gasteiger charge is 2.30. The SMILES string of the molecule is Cc1ccc(Br)cc1S(=O)(=O)N1CCCc2cc(S(C)(=O)=O)ccc21. The molecule has 0 aliphatic carbocycles. The molecule has 0 fully saturated rings. The summed E-state index contributed by atoms with van der Waals surface area (Å²) in [6.45, 7) is 2.14. The van der Waals surface area contributed by atoms with Gasteiger partial charge < -0.3 is 0 Å². The van der Waals surface area contributed by atoms with Crippen molar-refractivity contribution in [2.45, 2.75) is 29.6 Å². The number of rotatable bonds is 3. The Kier molecular flexibility index (Phi) is 4.72. The molecule has 5 nitrogen and oxygen atoms in total. The van der Waals surface area contributed by atoms with Crippen LogP contribution < -0.4 is 4.31 Å². The zero-order valence-corrected chi connectivity index (χ0v) is 17.1. The van der Waals surface area contributed by atoms with E-state index in [1.54, 1.807) is 37.3 Å². The van der Waals surface area contributed by atoms with Crippen molar-refractivity contribution in [1.82, 2.24) is 0 Å².